The van der Waals surface area contributed by atoms with Crippen molar-refractivity contribution in [1.29, 1.82) is 5.26 Å². The van der Waals surface area contributed by atoms with Crippen LogP contribution >= 0.6 is 11.8 Å². The van der Waals surface area contributed by atoms with E-state index in [0.717, 1.165) is 53.1 Å². The summed E-state index contributed by atoms with van der Waals surface area (Å²) < 4.78 is 11.3. The molecule has 0 radical (unpaired) electrons. The molecule has 0 spiro atoms. The van der Waals surface area contributed by atoms with E-state index >= 15 is 0 Å². The first-order valence-electron chi connectivity index (χ1n) is 10.2. The third-order valence-electron chi connectivity index (χ3n) is 4.79. The Kier molecular flexibility index (Phi) is 9.56. The van der Waals surface area contributed by atoms with E-state index in [-0.39, 0.29) is 5.97 Å². The van der Waals surface area contributed by atoms with Crippen LogP contribution in [0.1, 0.15) is 48.6 Å². The second-order valence-electron chi connectivity index (χ2n) is 6.91. The molecule has 0 aromatic heterocycles. The first-order valence-corrected chi connectivity index (χ1v) is 11.6. The number of aryl methyl sites for hydroxylation is 2. The minimum Gasteiger partial charge on any atom is -0.492 e. The molecule has 160 valence electrons. The lowest BCUT2D eigenvalue weighted by atomic mass is 9.95. The highest BCUT2D eigenvalue weighted by molar-refractivity contribution is 7.98. The number of nitriles is 1. The number of carbonyl (C=O) groups is 1. The maximum absolute atomic E-state index is 12.8. The average molecular weight is 427 g/mol. The average Bonchev–Trinajstić information content (AvgIpc) is 2.78. The third-order valence-corrected chi connectivity index (χ3v) is 5.36. The Morgan fingerprint density at radius 2 is 1.97 bits per heavy atom. The van der Waals surface area contributed by atoms with Crippen LogP contribution in [0.15, 0.2) is 36.4 Å². The Morgan fingerprint density at radius 1 is 1.23 bits per heavy atom. The topological polar surface area (TPSA) is 71.4 Å². The quantitative estimate of drug-likeness (QED) is 0.396. The minimum atomic E-state index is -0.714. The van der Waals surface area contributed by atoms with Crippen molar-refractivity contribution in [1.82, 2.24) is 0 Å². The number of nitrogens with zero attached hydrogens (tertiary/aromatic N) is 1. The van der Waals surface area contributed by atoms with Gasteiger partial charge in [0.25, 0.3) is 0 Å². The van der Waals surface area contributed by atoms with Gasteiger partial charge in [-0.2, -0.15) is 17.0 Å². The standard InChI is InChI=1S/C24H30N2O3S/c1-5-7-19-14-17(6-2)15-21(23(19)29-12-13-30-4)22(24(27)28-3)26-20-10-8-18(16-25)9-11-20/h8-11,14-15,22,26H,5-7,12-13H2,1-4H3. The van der Waals surface area contributed by atoms with Gasteiger partial charge in [-0.15, -0.1) is 0 Å². The molecule has 0 aliphatic carbocycles. The molecule has 0 aliphatic rings. The fraction of sp³-hybridized carbons (Fsp3) is 0.417. The fourth-order valence-corrected chi connectivity index (χ4v) is 3.50. The molecule has 0 heterocycles. The van der Waals surface area contributed by atoms with Crippen LogP contribution in [0.2, 0.25) is 0 Å². The number of thioether (sulfide) groups is 1. The van der Waals surface area contributed by atoms with Gasteiger partial charge in [0.2, 0.25) is 0 Å². The smallest absolute Gasteiger partial charge is 0.333 e. The lowest BCUT2D eigenvalue weighted by molar-refractivity contribution is -0.141. The molecule has 0 saturated heterocycles. The molecule has 6 heteroatoms. The number of esters is 1. The van der Waals surface area contributed by atoms with Gasteiger partial charge < -0.3 is 14.8 Å². The summed E-state index contributed by atoms with van der Waals surface area (Å²) in [6.45, 7) is 4.81. The number of nitrogens with one attached hydrogen (secondary N) is 1. The Bertz CT molecular complexity index is 875. The number of hydrogen-bond donors (Lipinski definition) is 1. The summed E-state index contributed by atoms with van der Waals surface area (Å²) in [5, 5.41) is 12.3. The largest absolute Gasteiger partial charge is 0.492 e. The Labute approximate surface area is 183 Å². The zero-order chi connectivity index (χ0) is 21.9. The van der Waals surface area contributed by atoms with Crippen molar-refractivity contribution in [2.45, 2.75) is 39.2 Å². The van der Waals surface area contributed by atoms with E-state index in [1.54, 1.807) is 36.0 Å². The fourth-order valence-electron chi connectivity index (χ4n) is 3.25. The maximum Gasteiger partial charge on any atom is 0.333 e. The van der Waals surface area contributed by atoms with Crippen molar-refractivity contribution in [2.24, 2.45) is 0 Å². The van der Waals surface area contributed by atoms with E-state index in [0.29, 0.717) is 12.2 Å². The number of hydrogen-bond acceptors (Lipinski definition) is 6. The van der Waals surface area contributed by atoms with Gasteiger partial charge >= 0.3 is 5.97 Å². The lowest BCUT2D eigenvalue weighted by Gasteiger charge is -2.24. The molecule has 0 aliphatic heterocycles. The molecule has 0 fully saturated rings. The predicted octanol–water partition coefficient (Wildman–Crippen LogP) is 5.14. The highest BCUT2D eigenvalue weighted by Crippen LogP contribution is 2.35. The second kappa shape index (κ2) is 12.1. The zero-order valence-electron chi connectivity index (χ0n) is 18.2. The zero-order valence-corrected chi connectivity index (χ0v) is 19.0. The van der Waals surface area contributed by atoms with Crippen LogP contribution in [0.25, 0.3) is 0 Å². The van der Waals surface area contributed by atoms with E-state index in [9.17, 15) is 4.79 Å². The first-order chi connectivity index (χ1) is 14.6. The summed E-state index contributed by atoms with van der Waals surface area (Å²) in [4.78, 5) is 12.8. The van der Waals surface area contributed by atoms with Crippen LogP contribution in [0, 0.1) is 11.3 Å². The SMILES string of the molecule is CCCc1cc(CC)cc(C(Nc2ccc(C#N)cc2)C(=O)OC)c1OCCSC. The van der Waals surface area contributed by atoms with Crippen molar-refractivity contribution in [2.75, 3.05) is 31.0 Å². The number of anilines is 1. The molecular formula is C24H30N2O3S. The molecule has 2 aromatic rings. The summed E-state index contributed by atoms with van der Waals surface area (Å²) >= 11 is 1.72. The van der Waals surface area contributed by atoms with Crippen LogP contribution in [0.5, 0.6) is 5.75 Å². The first kappa shape index (κ1) is 23.6. The summed E-state index contributed by atoms with van der Waals surface area (Å²) in [5.41, 5.74) is 4.35. The van der Waals surface area contributed by atoms with Crippen molar-refractivity contribution in [3.63, 3.8) is 0 Å². The normalized spacial score (nSPS) is 11.4. The van der Waals surface area contributed by atoms with Gasteiger partial charge in [0.1, 0.15) is 5.75 Å². The molecule has 0 amide bonds. The number of carbonyl (C=O) groups excluding carboxylic acids is 1. The predicted molar refractivity (Wildman–Crippen MR) is 123 cm³/mol. The third kappa shape index (κ3) is 6.17. The van der Waals surface area contributed by atoms with E-state index in [2.05, 4.69) is 31.3 Å². The van der Waals surface area contributed by atoms with E-state index in [1.807, 2.05) is 12.3 Å². The van der Waals surface area contributed by atoms with Gasteiger partial charge in [-0.05, 0) is 60.6 Å². The molecule has 5 nitrogen and oxygen atoms in total. The molecule has 2 aromatic carbocycles. The van der Waals surface area contributed by atoms with Crippen molar-refractivity contribution in [3.8, 4) is 11.8 Å². The van der Waals surface area contributed by atoms with Gasteiger partial charge in [-0.3, -0.25) is 0 Å². The maximum atomic E-state index is 12.8. The highest BCUT2D eigenvalue weighted by atomic mass is 32.2. The Hall–Kier alpha value is -2.65. The van der Waals surface area contributed by atoms with Gasteiger partial charge in [0, 0.05) is 17.0 Å². The van der Waals surface area contributed by atoms with Gasteiger partial charge in [0.15, 0.2) is 6.04 Å². The summed E-state index contributed by atoms with van der Waals surface area (Å²) in [6, 6.07) is 12.6. The number of rotatable bonds is 11. The summed E-state index contributed by atoms with van der Waals surface area (Å²) in [5.74, 6) is 1.25. The molecule has 1 unspecified atom stereocenters. The van der Waals surface area contributed by atoms with Crippen LogP contribution < -0.4 is 10.1 Å². The van der Waals surface area contributed by atoms with Gasteiger partial charge in [-0.1, -0.05) is 26.3 Å². The molecule has 30 heavy (non-hydrogen) atoms. The molecular weight excluding hydrogens is 396 g/mol. The van der Waals surface area contributed by atoms with Crippen molar-refractivity contribution in [3.05, 3.63) is 58.7 Å². The van der Waals surface area contributed by atoms with E-state index < -0.39 is 6.04 Å². The van der Waals surface area contributed by atoms with Crippen molar-refractivity contribution >= 4 is 23.4 Å². The van der Waals surface area contributed by atoms with E-state index in [4.69, 9.17) is 14.7 Å². The van der Waals surface area contributed by atoms with Gasteiger partial charge in [-0.25, -0.2) is 4.79 Å². The molecule has 1 N–H and O–H groups in total. The Balaban J connectivity index is 2.53. The molecule has 0 saturated carbocycles. The molecule has 1 atom stereocenters. The highest BCUT2D eigenvalue weighted by Gasteiger charge is 2.27. The van der Waals surface area contributed by atoms with E-state index in [1.165, 1.54) is 7.11 Å². The van der Waals surface area contributed by atoms with Crippen LogP contribution in [-0.2, 0) is 22.4 Å². The number of ether oxygens (including phenoxy) is 2. The Morgan fingerprint density at radius 3 is 2.53 bits per heavy atom. The summed E-state index contributed by atoms with van der Waals surface area (Å²) in [6.07, 6.45) is 4.76. The van der Waals surface area contributed by atoms with Crippen LogP contribution in [0.4, 0.5) is 5.69 Å². The number of benzene rings is 2. The summed E-state index contributed by atoms with van der Waals surface area (Å²) in [7, 11) is 1.39. The van der Waals surface area contributed by atoms with Crippen molar-refractivity contribution < 1.29 is 14.3 Å². The number of methoxy groups -OCH3 is 1. The van der Waals surface area contributed by atoms with Crippen LogP contribution in [-0.4, -0.2) is 31.7 Å². The molecule has 0 bridgehead atoms. The minimum absolute atomic E-state index is 0.384. The van der Waals surface area contributed by atoms with Crippen LogP contribution in [0.3, 0.4) is 0 Å². The molecule has 2 rings (SSSR count). The lowest BCUT2D eigenvalue weighted by Crippen LogP contribution is -2.24. The second-order valence-corrected chi connectivity index (χ2v) is 7.89. The van der Waals surface area contributed by atoms with Gasteiger partial charge in [0.05, 0.1) is 25.3 Å². The monoisotopic (exact) mass is 426 g/mol.